The van der Waals surface area contributed by atoms with Crippen LogP contribution in [0, 0.1) is 0 Å². The molecule has 138 valence electrons. The first-order valence-electron chi connectivity index (χ1n) is 8.89. The monoisotopic (exact) mass is 354 g/mol. The highest BCUT2D eigenvalue weighted by Crippen LogP contribution is 2.18. The number of carbonyl (C=O) groups is 1. The number of benzene rings is 2. The summed E-state index contributed by atoms with van der Waals surface area (Å²) >= 11 is 0. The number of hydrogen-bond acceptors (Lipinski definition) is 5. The zero-order chi connectivity index (χ0) is 18.4. The van der Waals surface area contributed by atoms with Crippen LogP contribution in [-0.4, -0.2) is 56.0 Å². The molecule has 1 unspecified atom stereocenters. The molecule has 5 nitrogen and oxygen atoms in total. The fraction of sp³-hybridized carbons (Fsp3) is 0.381. The predicted molar refractivity (Wildman–Crippen MR) is 102 cm³/mol. The summed E-state index contributed by atoms with van der Waals surface area (Å²) in [6, 6.07) is 16.1. The van der Waals surface area contributed by atoms with Crippen molar-refractivity contribution in [3.63, 3.8) is 0 Å². The summed E-state index contributed by atoms with van der Waals surface area (Å²) in [6.45, 7) is 4.22. The van der Waals surface area contributed by atoms with Crippen molar-refractivity contribution in [2.24, 2.45) is 0 Å². The van der Waals surface area contributed by atoms with Crippen molar-refractivity contribution in [1.82, 2.24) is 9.80 Å². The van der Waals surface area contributed by atoms with Crippen molar-refractivity contribution in [3.05, 3.63) is 59.7 Å². The lowest BCUT2D eigenvalue weighted by atomic mass is 10.1. The molecule has 0 saturated carbocycles. The Morgan fingerprint density at radius 3 is 1.92 bits per heavy atom. The fourth-order valence-corrected chi connectivity index (χ4v) is 3.33. The van der Waals surface area contributed by atoms with E-state index in [1.807, 2.05) is 24.3 Å². The number of aldehydes is 1. The molecule has 2 aromatic carbocycles. The van der Waals surface area contributed by atoms with Gasteiger partial charge in [-0.15, -0.1) is 0 Å². The van der Waals surface area contributed by atoms with Gasteiger partial charge in [0.1, 0.15) is 17.8 Å². The summed E-state index contributed by atoms with van der Waals surface area (Å²) in [6.07, 6.45) is 1.07. The van der Waals surface area contributed by atoms with Crippen LogP contribution in [0.3, 0.4) is 0 Å². The molecule has 1 heterocycles. The maximum atomic E-state index is 11.6. The van der Waals surface area contributed by atoms with Gasteiger partial charge in [-0.2, -0.15) is 0 Å². The van der Waals surface area contributed by atoms with E-state index < -0.39 is 0 Å². The maximum absolute atomic E-state index is 11.6. The smallest absolute Gasteiger partial charge is 0.138 e. The first-order valence-corrected chi connectivity index (χ1v) is 8.89. The quantitative estimate of drug-likeness (QED) is 0.715. The highest BCUT2D eigenvalue weighted by Gasteiger charge is 2.26. The third-order valence-corrected chi connectivity index (χ3v) is 4.88. The lowest BCUT2D eigenvalue weighted by molar-refractivity contribution is -0.115. The minimum atomic E-state index is -0.0795. The lowest BCUT2D eigenvalue weighted by Crippen LogP contribution is -2.53. The van der Waals surface area contributed by atoms with Crippen LogP contribution in [-0.2, 0) is 17.9 Å². The van der Waals surface area contributed by atoms with Crippen LogP contribution in [0.5, 0.6) is 11.5 Å². The molecule has 1 aliphatic heterocycles. The Hall–Kier alpha value is -2.37. The van der Waals surface area contributed by atoms with Gasteiger partial charge < -0.3 is 14.3 Å². The summed E-state index contributed by atoms with van der Waals surface area (Å²) in [7, 11) is 3.34. The molecule has 0 spiro atoms. The van der Waals surface area contributed by atoms with Crippen LogP contribution in [0.1, 0.15) is 11.1 Å². The van der Waals surface area contributed by atoms with Gasteiger partial charge in [0.05, 0.1) is 20.3 Å². The molecular formula is C21H26N2O3. The minimum Gasteiger partial charge on any atom is -0.497 e. The molecule has 2 aromatic rings. The normalized spacial score (nSPS) is 18.5. The lowest BCUT2D eigenvalue weighted by Gasteiger charge is -2.39. The molecule has 1 fully saturated rings. The standard InChI is InChI=1S/C21H26N2O3/c1-25-20-7-3-17(4-8-20)13-22-11-12-23(19(15-22)16-24)14-18-5-9-21(26-2)10-6-18/h3-10,16,19H,11-15H2,1-2H3. The van der Waals surface area contributed by atoms with Crippen molar-refractivity contribution >= 4 is 6.29 Å². The van der Waals surface area contributed by atoms with Gasteiger partial charge in [0.2, 0.25) is 0 Å². The van der Waals surface area contributed by atoms with Crippen LogP contribution in [0.4, 0.5) is 0 Å². The van der Waals surface area contributed by atoms with Crippen molar-refractivity contribution in [3.8, 4) is 11.5 Å². The molecule has 3 rings (SSSR count). The number of ether oxygens (including phenoxy) is 2. The van der Waals surface area contributed by atoms with Crippen molar-refractivity contribution in [2.75, 3.05) is 33.9 Å². The average molecular weight is 354 g/mol. The largest absolute Gasteiger partial charge is 0.497 e. The van der Waals surface area contributed by atoms with Crippen LogP contribution < -0.4 is 9.47 Å². The number of hydrogen-bond donors (Lipinski definition) is 0. The summed E-state index contributed by atoms with van der Waals surface area (Å²) in [5.74, 6) is 1.72. The van der Waals surface area contributed by atoms with Gasteiger partial charge in [0, 0.05) is 32.7 Å². The van der Waals surface area contributed by atoms with E-state index in [1.54, 1.807) is 14.2 Å². The van der Waals surface area contributed by atoms with Gasteiger partial charge in [-0.05, 0) is 35.4 Å². The molecule has 1 atom stereocenters. The SMILES string of the molecule is COc1ccc(CN2CCN(Cc3ccc(OC)cc3)C(C=O)C2)cc1. The highest BCUT2D eigenvalue weighted by atomic mass is 16.5. The van der Waals surface area contributed by atoms with E-state index in [0.717, 1.165) is 50.5 Å². The van der Waals surface area contributed by atoms with E-state index >= 15 is 0 Å². The zero-order valence-electron chi connectivity index (χ0n) is 15.4. The third kappa shape index (κ3) is 4.62. The summed E-state index contributed by atoms with van der Waals surface area (Å²) < 4.78 is 10.4. The van der Waals surface area contributed by atoms with Crippen molar-refractivity contribution in [1.29, 1.82) is 0 Å². The Morgan fingerprint density at radius 1 is 0.885 bits per heavy atom. The highest BCUT2D eigenvalue weighted by molar-refractivity contribution is 5.58. The Labute approximate surface area is 155 Å². The van der Waals surface area contributed by atoms with Crippen molar-refractivity contribution in [2.45, 2.75) is 19.1 Å². The Bertz CT molecular complexity index is 700. The van der Waals surface area contributed by atoms with Crippen LogP contribution in [0.2, 0.25) is 0 Å². The first-order chi connectivity index (χ1) is 12.7. The molecule has 0 aliphatic carbocycles. The topological polar surface area (TPSA) is 42.0 Å². The molecular weight excluding hydrogens is 328 g/mol. The number of nitrogens with zero attached hydrogens (tertiary/aromatic N) is 2. The summed E-state index contributed by atoms with van der Waals surface area (Å²) in [4.78, 5) is 16.2. The fourth-order valence-electron chi connectivity index (χ4n) is 3.33. The number of rotatable bonds is 7. The summed E-state index contributed by atoms with van der Waals surface area (Å²) in [5.41, 5.74) is 2.43. The van der Waals surface area contributed by atoms with Gasteiger partial charge in [0.15, 0.2) is 0 Å². The average Bonchev–Trinajstić information content (AvgIpc) is 2.70. The van der Waals surface area contributed by atoms with Crippen LogP contribution >= 0.6 is 0 Å². The molecule has 5 heteroatoms. The maximum Gasteiger partial charge on any atom is 0.138 e. The molecule has 1 aliphatic rings. The van der Waals surface area contributed by atoms with E-state index in [4.69, 9.17) is 9.47 Å². The van der Waals surface area contributed by atoms with E-state index in [9.17, 15) is 4.79 Å². The molecule has 0 amide bonds. The molecule has 1 saturated heterocycles. The van der Waals surface area contributed by atoms with Gasteiger partial charge >= 0.3 is 0 Å². The molecule has 0 aromatic heterocycles. The van der Waals surface area contributed by atoms with E-state index in [2.05, 4.69) is 34.1 Å². The zero-order valence-corrected chi connectivity index (χ0v) is 15.4. The summed E-state index contributed by atoms with van der Waals surface area (Å²) in [5, 5.41) is 0. The predicted octanol–water partition coefficient (Wildman–Crippen LogP) is 2.59. The Kier molecular flexibility index (Phi) is 6.26. The minimum absolute atomic E-state index is 0.0795. The first kappa shape index (κ1) is 18.4. The third-order valence-electron chi connectivity index (χ3n) is 4.88. The number of methoxy groups -OCH3 is 2. The van der Waals surface area contributed by atoms with Gasteiger partial charge in [-0.3, -0.25) is 9.80 Å². The van der Waals surface area contributed by atoms with Crippen LogP contribution in [0.15, 0.2) is 48.5 Å². The van der Waals surface area contributed by atoms with Gasteiger partial charge in [-0.25, -0.2) is 0 Å². The second-order valence-electron chi connectivity index (χ2n) is 6.61. The van der Waals surface area contributed by atoms with E-state index in [-0.39, 0.29) is 6.04 Å². The van der Waals surface area contributed by atoms with E-state index in [1.165, 1.54) is 11.1 Å². The number of carbonyl (C=O) groups excluding carboxylic acids is 1. The Balaban J connectivity index is 1.57. The molecule has 0 radical (unpaired) electrons. The molecule has 26 heavy (non-hydrogen) atoms. The Morgan fingerprint density at radius 2 is 1.42 bits per heavy atom. The van der Waals surface area contributed by atoms with Crippen LogP contribution in [0.25, 0.3) is 0 Å². The number of piperazine rings is 1. The second kappa shape index (κ2) is 8.83. The van der Waals surface area contributed by atoms with Crippen molar-refractivity contribution < 1.29 is 14.3 Å². The second-order valence-corrected chi connectivity index (χ2v) is 6.61. The van der Waals surface area contributed by atoms with Gasteiger partial charge in [0.25, 0.3) is 0 Å². The van der Waals surface area contributed by atoms with Gasteiger partial charge in [-0.1, -0.05) is 24.3 Å². The van der Waals surface area contributed by atoms with E-state index in [0.29, 0.717) is 0 Å². The molecule has 0 bridgehead atoms. The molecule has 0 N–H and O–H groups in total.